The van der Waals surface area contributed by atoms with Gasteiger partial charge >= 0.3 is 0 Å². The Labute approximate surface area is 157 Å². The van der Waals surface area contributed by atoms with Gasteiger partial charge in [0.1, 0.15) is 5.82 Å². The maximum Gasteiger partial charge on any atom is 0.190 e. The van der Waals surface area contributed by atoms with E-state index in [9.17, 15) is 4.39 Å². The van der Waals surface area contributed by atoms with Crippen LogP contribution in [0, 0.1) is 5.82 Å². The third-order valence-electron chi connectivity index (χ3n) is 4.00. The summed E-state index contributed by atoms with van der Waals surface area (Å²) in [5.74, 6) is 0.524. The normalized spacial score (nSPS) is 17.7. The highest BCUT2D eigenvalue weighted by Crippen LogP contribution is 2.16. The van der Waals surface area contributed by atoms with Gasteiger partial charge in [-0.25, -0.2) is 4.39 Å². The third kappa shape index (κ3) is 7.71. The Hall–Kier alpha value is -1.18. The molecule has 0 spiro atoms. The molecule has 1 aromatic rings. The molecule has 1 unspecified atom stereocenters. The van der Waals surface area contributed by atoms with E-state index in [1.165, 1.54) is 6.07 Å². The second kappa shape index (κ2) is 11.4. The number of benzene rings is 1. The summed E-state index contributed by atoms with van der Waals surface area (Å²) in [4.78, 5) is 4.20. The number of ether oxygens (including phenoxy) is 2. The highest BCUT2D eigenvalue weighted by molar-refractivity contribution is 9.10. The van der Waals surface area contributed by atoms with Crippen molar-refractivity contribution in [1.29, 1.82) is 0 Å². The summed E-state index contributed by atoms with van der Waals surface area (Å²) in [7, 11) is 1.75. The van der Waals surface area contributed by atoms with Crippen molar-refractivity contribution in [3.8, 4) is 0 Å². The molecule has 7 heteroatoms. The Balaban J connectivity index is 1.53. The van der Waals surface area contributed by atoms with Crippen LogP contribution in [0.3, 0.4) is 0 Å². The largest absolute Gasteiger partial charge is 0.379 e. The molecule has 0 radical (unpaired) electrons. The lowest BCUT2D eigenvalue weighted by atomic mass is 10.1. The molecule has 0 amide bonds. The number of aliphatic imine (C=N–C) groups is 1. The number of halogens is 2. The van der Waals surface area contributed by atoms with E-state index in [1.54, 1.807) is 19.2 Å². The van der Waals surface area contributed by atoms with Crippen molar-refractivity contribution in [2.75, 3.05) is 40.0 Å². The fourth-order valence-electron chi connectivity index (χ4n) is 2.61. The highest BCUT2D eigenvalue weighted by atomic mass is 79.9. The molecule has 0 bridgehead atoms. The van der Waals surface area contributed by atoms with Gasteiger partial charge in [0.15, 0.2) is 5.96 Å². The molecule has 1 saturated heterocycles. The van der Waals surface area contributed by atoms with E-state index in [0.29, 0.717) is 17.7 Å². The van der Waals surface area contributed by atoms with Crippen LogP contribution >= 0.6 is 15.9 Å². The molecule has 25 heavy (non-hydrogen) atoms. The molecular weight excluding hydrogens is 389 g/mol. The van der Waals surface area contributed by atoms with Crippen LogP contribution in [0.1, 0.15) is 24.8 Å². The summed E-state index contributed by atoms with van der Waals surface area (Å²) in [5, 5.41) is 6.52. The first-order valence-electron chi connectivity index (χ1n) is 8.77. The smallest absolute Gasteiger partial charge is 0.190 e. The van der Waals surface area contributed by atoms with Crippen LogP contribution < -0.4 is 10.6 Å². The summed E-state index contributed by atoms with van der Waals surface area (Å²) in [6, 6.07) is 5.07. The molecule has 140 valence electrons. The lowest BCUT2D eigenvalue weighted by molar-refractivity contribution is 0.0168. The van der Waals surface area contributed by atoms with Gasteiger partial charge in [0.05, 0.1) is 17.2 Å². The van der Waals surface area contributed by atoms with E-state index < -0.39 is 0 Å². The first-order valence-corrected chi connectivity index (χ1v) is 9.56. The van der Waals surface area contributed by atoms with Crippen LogP contribution in [-0.4, -0.2) is 52.0 Å². The van der Waals surface area contributed by atoms with Gasteiger partial charge in [-0.3, -0.25) is 4.99 Å². The van der Waals surface area contributed by atoms with Gasteiger partial charge in [-0.15, -0.1) is 0 Å². The quantitative estimate of drug-likeness (QED) is 0.369. The molecule has 1 aliphatic heterocycles. The van der Waals surface area contributed by atoms with Crippen molar-refractivity contribution in [2.24, 2.45) is 4.99 Å². The molecule has 0 aliphatic carbocycles. The lowest BCUT2D eigenvalue weighted by Crippen LogP contribution is -2.39. The number of hydrogen-bond acceptors (Lipinski definition) is 3. The molecule has 2 N–H and O–H groups in total. The number of nitrogens with one attached hydrogen (secondary N) is 2. The molecule has 2 rings (SSSR count). The first-order chi connectivity index (χ1) is 12.2. The Morgan fingerprint density at radius 2 is 2.24 bits per heavy atom. The highest BCUT2D eigenvalue weighted by Gasteiger charge is 2.14. The zero-order valence-electron chi connectivity index (χ0n) is 14.7. The van der Waals surface area contributed by atoms with Crippen molar-refractivity contribution in [2.45, 2.75) is 31.8 Å². The van der Waals surface area contributed by atoms with Crippen LogP contribution in [0.4, 0.5) is 4.39 Å². The topological polar surface area (TPSA) is 54.9 Å². The first kappa shape index (κ1) is 20.1. The van der Waals surface area contributed by atoms with E-state index in [2.05, 4.69) is 31.6 Å². The fourth-order valence-corrected chi connectivity index (χ4v) is 3.04. The Kier molecular flexibility index (Phi) is 9.21. The Bertz CT molecular complexity index is 551. The standard InChI is InChI=1S/C18H27BrFN3O2/c1-21-18(22-8-3-10-24-13-15-4-2-11-25-15)23-9-7-14-5-6-17(20)16(19)12-14/h5-6,12,15H,2-4,7-11,13H2,1H3,(H2,21,22,23). The molecule has 1 aromatic carbocycles. The molecule has 0 saturated carbocycles. The average Bonchev–Trinajstić information content (AvgIpc) is 3.12. The number of rotatable bonds is 9. The lowest BCUT2D eigenvalue weighted by Gasteiger charge is -2.13. The Morgan fingerprint density at radius 1 is 1.40 bits per heavy atom. The zero-order valence-corrected chi connectivity index (χ0v) is 16.3. The monoisotopic (exact) mass is 415 g/mol. The van der Waals surface area contributed by atoms with Gasteiger partial charge in [0, 0.05) is 33.4 Å². The zero-order chi connectivity index (χ0) is 17.9. The predicted molar refractivity (Wildman–Crippen MR) is 102 cm³/mol. The van der Waals surface area contributed by atoms with Crippen LogP contribution in [0.2, 0.25) is 0 Å². The van der Waals surface area contributed by atoms with Crippen molar-refractivity contribution in [3.63, 3.8) is 0 Å². The van der Waals surface area contributed by atoms with E-state index >= 15 is 0 Å². The van der Waals surface area contributed by atoms with E-state index in [4.69, 9.17) is 9.47 Å². The summed E-state index contributed by atoms with van der Waals surface area (Å²) < 4.78 is 24.9. The van der Waals surface area contributed by atoms with E-state index in [-0.39, 0.29) is 11.9 Å². The summed E-state index contributed by atoms with van der Waals surface area (Å²) >= 11 is 3.21. The van der Waals surface area contributed by atoms with Gasteiger partial charge < -0.3 is 20.1 Å². The summed E-state index contributed by atoms with van der Waals surface area (Å²) in [6.07, 6.45) is 4.25. The molecule has 1 atom stereocenters. The van der Waals surface area contributed by atoms with Gasteiger partial charge in [-0.2, -0.15) is 0 Å². The number of nitrogens with zero attached hydrogens (tertiary/aromatic N) is 1. The average molecular weight is 416 g/mol. The number of hydrogen-bond donors (Lipinski definition) is 2. The molecule has 0 aromatic heterocycles. The van der Waals surface area contributed by atoms with Gasteiger partial charge in [0.2, 0.25) is 0 Å². The fraction of sp³-hybridized carbons (Fsp3) is 0.611. The van der Waals surface area contributed by atoms with Gasteiger partial charge in [0.25, 0.3) is 0 Å². The van der Waals surface area contributed by atoms with Crippen LogP contribution in [-0.2, 0) is 15.9 Å². The van der Waals surface area contributed by atoms with Crippen molar-refractivity contribution in [1.82, 2.24) is 10.6 Å². The van der Waals surface area contributed by atoms with Crippen LogP contribution in [0.25, 0.3) is 0 Å². The number of guanidine groups is 1. The van der Waals surface area contributed by atoms with Crippen molar-refractivity contribution in [3.05, 3.63) is 34.1 Å². The molecule has 5 nitrogen and oxygen atoms in total. The van der Waals surface area contributed by atoms with Crippen LogP contribution in [0.15, 0.2) is 27.7 Å². The minimum absolute atomic E-state index is 0.240. The van der Waals surface area contributed by atoms with Crippen molar-refractivity contribution >= 4 is 21.9 Å². The minimum atomic E-state index is -0.240. The molecule has 1 heterocycles. The molecular formula is C18H27BrFN3O2. The molecule has 1 fully saturated rings. The van der Waals surface area contributed by atoms with Gasteiger partial charge in [-0.1, -0.05) is 6.07 Å². The molecule has 1 aliphatic rings. The second-order valence-electron chi connectivity index (χ2n) is 5.99. The van der Waals surface area contributed by atoms with Crippen molar-refractivity contribution < 1.29 is 13.9 Å². The summed E-state index contributed by atoms with van der Waals surface area (Å²) in [6.45, 7) is 3.81. The Morgan fingerprint density at radius 3 is 2.96 bits per heavy atom. The third-order valence-corrected chi connectivity index (χ3v) is 4.61. The minimum Gasteiger partial charge on any atom is -0.379 e. The maximum absolute atomic E-state index is 13.2. The predicted octanol–water partition coefficient (Wildman–Crippen LogP) is 2.88. The van der Waals surface area contributed by atoms with Gasteiger partial charge in [-0.05, 0) is 59.3 Å². The second-order valence-corrected chi connectivity index (χ2v) is 6.84. The summed E-state index contributed by atoms with van der Waals surface area (Å²) in [5.41, 5.74) is 1.07. The SMILES string of the molecule is CN=C(NCCCOCC1CCCO1)NCCc1ccc(F)c(Br)c1. The van der Waals surface area contributed by atoms with E-state index in [0.717, 1.165) is 56.9 Å². The van der Waals surface area contributed by atoms with E-state index in [1.807, 2.05) is 0 Å². The van der Waals surface area contributed by atoms with Crippen LogP contribution in [0.5, 0.6) is 0 Å². The maximum atomic E-state index is 13.2.